The van der Waals surface area contributed by atoms with Crippen molar-refractivity contribution in [3.63, 3.8) is 0 Å². The van der Waals surface area contributed by atoms with Crippen LogP contribution in [0.5, 0.6) is 0 Å². The zero-order valence-corrected chi connectivity index (χ0v) is 22.4. The van der Waals surface area contributed by atoms with Crippen LogP contribution in [0.15, 0.2) is 78.6 Å². The van der Waals surface area contributed by atoms with Crippen molar-refractivity contribution in [1.29, 1.82) is 0 Å². The van der Waals surface area contributed by atoms with Gasteiger partial charge in [0.1, 0.15) is 23.0 Å². The van der Waals surface area contributed by atoms with Crippen molar-refractivity contribution in [2.45, 2.75) is 11.2 Å². The first-order chi connectivity index (χ1) is 15.4. The SMILES string of the molecule is O=C1OC(=O)[C@H]2[C@H]1[C@]1(c3ccccc3)O[C@@]2(c2ccccc2)c2c(Br)c(Br)c(Br)c(Br)c21. The molecule has 0 aromatic heterocycles. The second kappa shape index (κ2) is 7.09. The summed E-state index contributed by atoms with van der Waals surface area (Å²) in [7, 11) is 0. The number of halogens is 4. The summed E-state index contributed by atoms with van der Waals surface area (Å²) in [5.74, 6) is -2.76. The molecule has 2 bridgehead atoms. The van der Waals surface area contributed by atoms with Crippen molar-refractivity contribution in [3.05, 3.63) is 101 Å². The van der Waals surface area contributed by atoms with E-state index in [9.17, 15) is 9.59 Å². The summed E-state index contributed by atoms with van der Waals surface area (Å²) in [5.41, 5.74) is 0.792. The van der Waals surface area contributed by atoms with Crippen molar-refractivity contribution < 1.29 is 19.1 Å². The normalized spacial score (nSPS) is 29.8. The summed E-state index contributed by atoms with van der Waals surface area (Å²) < 4.78 is 15.4. The molecule has 2 saturated heterocycles. The molecule has 4 atom stereocenters. The summed E-state index contributed by atoms with van der Waals surface area (Å²) in [6.07, 6.45) is 0. The lowest BCUT2D eigenvalue weighted by Crippen LogP contribution is -2.42. The lowest BCUT2D eigenvalue weighted by atomic mass is 9.61. The van der Waals surface area contributed by atoms with Crippen LogP contribution in [-0.4, -0.2) is 11.9 Å². The van der Waals surface area contributed by atoms with Crippen LogP contribution >= 0.6 is 63.7 Å². The van der Waals surface area contributed by atoms with E-state index in [1.165, 1.54) is 0 Å². The number of cyclic esters (lactones) is 2. The van der Waals surface area contributed by atoms with Crippen molar-refractivity contribution in [2.75, 3.05) is 0 Å². The van der Waals surface area contributed by atoms with Gasteiger partial charge in [-0.15, -0.1) is 0 Å². The smallest absolute Gasteiger partial charge is 0.321 e. The predicted octanol–water partition coefficient (Wildman–Crippen LogP) is 6.58. The maximum atomic E-state index is 13.2. The number of benzene rings is 3. The van der Waals surface area contributed by atoms with Gasteiger partial charge < -0.3 is 9.47 Å². The third-order valence-electron chi connectivity index (χ3n) is 6.66. The van der Waals surface area contributed by atoms with Gasteiger partial charge in [0.25, 0.3) is 0 Å². The molecule has 3 aromatic carbocycles. The molecule has 2 fully saturated rings. The molecule has 0 unspecified atom stereocenters. The fourth-order valence-corrected chi connectivity index (χ4v) is 8.27. The Morgan fingerprint density at radius 1 is 0.594 bits per heavy atom. The maximum Gasteiger partial charge on any atom is 0.321 e. The number of carbonyl (C=O) groups excluding carboxylic acids is 2. The first kappa shape index (κ1) is 21.2. The van der Waals surface area contributed by atoms with E-state index in [1.807, 2.05) is 60.7 Å². The molecular weight excluding hydrogens is 672 g/mol. The van der Waals surface area contributed by atoms with Crippen LogP contribution in [0.2, 0.25) is 0 Å². The molecule has 3 heterocycles. The molecule has 0 amide bonds. The second-order valence-corrected chi connectivity index (χ2v) is 11.2. The molecule has 6 rings (SSSR count). The zero-order chi connectivity index (χ0) is 22.4. The van der Waals surface area contributed by atoms with Gasteiger partial charge in [-0.3, -0.25) is 9.59 Å². The van der Waals surface area contributed by atoms with Gasteiger partial charge in [0.05, 0.1) is 0 Å². The molecule has 3 aliphatic rings. The minimum Gasteiger partial charge on any atom is -0.392 e. The Bertz CT molecular complexity index is 1230. The van der Waals surface area contributed by atoms with E-state index in [0.29, 0.717) is 0 Å². The van der Waals surface area contributed by atoms with Crippen molar-refractivity contribution in [3.8, 4) is 0 Å². The number of hydrogen-bond acceptors (Lipinski definition) is 4. The van der Waals surface area contributed by atoms with E-state index in [0.717, 1.165) is 40.1 Å². The topological polar surface area (TPSA) is 52.6 Å². The molecule has 0 spiro atoms. The standard InChI is InChI=1S/C24H12Br4O4/c25-17-13-14(18(26)20(28)19(17)27)24(12-9-5-2-6-10-12)16-15(21(29)31-22(16)30)23(13,32-24)11-7-3-1-4-8-11/h1-10,15-16H/t15-,16-,23-,24+/m1/s1. The Morgan fingerprint density at radius 3 is 1.34 bits per heavy atom. The number of fused-ring (bicyclic) bond motifs is 8. The maximum absolute atomic E-state index is 13.2. The zero-order valence-electron chi connectivity index (χ0n) is 16.1. The summed E-state index contributed by atoms with van der Waals surface area (Å²) in [5, 5.41) is 0. The number of ether oxygens (including phenoxy) is 2. The van der Waals surface area contributed by atoms with Crippen LogP contribution in [0.3, 0.4) is 0 Å². The first-order valence-corrected chi connectivity index (χ1v) is 13.0. The summed E-state index contributed by atoms with van der Waals surface area (Å²) in [6.45, 7) is 0. The quantitative estimate of drug-likeness (QED) is 0.133. The second-order valence-electron chi connectivity index (χ2n) is 8.01. The Hall–Kier alpha value is -1.32. The largest absolute Gasteiger partial charge is 0.392 e. The summed E-state index contributed by atoms with van der Waals surface area (Å²) in [4.78, 5) is 26.4. The minimum atomic E-state index is -1.20. The van der Waals surface area contributed by atoms with Gasteiger partial charge in [0.15, 0.2) is 0 Å². The Labute approximate surface area is 217 Å². The Morgan fingerprint density at radius 2 is 0.969 bits per heavy atom. The van der Waals surface area contributed by atoms with E-state index < -0.39 is 35.0 Å². The van der Waals surface area contributed by atoms with Crippen LogP contribution in [0, 0.1) is 11.8 Å². The highest BCUT2D eigenvalue weighted by atomic mass is 79.9. The average Bonchev–Trinajstić information content (AvgIpc) is 3.43. The van der Waals surface area contributed by atoms with Gasteiger partial charge in [-0.05, 0) is 74.8 Å². The third-order valence-corrected chi connectivity index (χ3v) is 11.4. The van der Waals surface area contributed by atoms with Crippen molar-refractivity contribution in [2.24, 2.45) is 11.8 Å². The van der Waals surface area contributed by atoms with E-state index in [2.05, 4.69) is 63.7 Å². The van der Waals surface area contributed by atoms with Gasteiger partial charge >= 0.3 is 11.9 Å². The van der Waals surface area contributed by atoms with Crippen LogP contribution in [0.4, 0.5) is 0 Å². The third kappa shape index (κ3) is 2.35. The molecule has 0 saturated carbocycles. The highest BCUT2D eigenvalue weighted by Gasteiger charge is 2.79. The van der Waals surface area contributed by atoms with Crippen molar-refractivity contribution >= 4 is 75.7 Å². The summed E-state index contributed by atoms with van der Waals surface area (Å²) >= 11 is 14.9. The Kier molecular flexibility index (Phi) is 4.70. The molecule has 160 valence electrons. The fraction of sp³-hybridized carbons (Fsp3) is 0.167. The van der Waals surface area contributed by atoms with Gasteiger partial charge in [0.2, 0.25) is 0 Å². The number of carbonyl (C=O) groups is 2. The van der Waals surface area contributed by atoms with Crippen LogP contribution < -0.4 is 0 Å². The number of rotatable bonds is 2. The molecule has 32 heavy (non-hydrogen) atoms. The fourth-order valence-electron chi connectivity index (χ4n) is 5.56. The highest BCUT2D eigenvalue weighted by Crippen LogP contribution is 2.73. The lowest BCUT2D eigenvalue weighted by Gasteiger charge is -2.35. The van der Waals surface area contributed by atoms with Crippen LogP contribution in [0.25, 0.3) is 0 Å². The molecule has 3 aromatic rings. The van der Waals surface area contributed by atoms with Crippen LogP contribution in [0.1, 0.15) is 22.3 Å². The van der Waals surface area contributed by atoms with E-state index in [1.54, 1.807) is 0 Å². The molecular formula is C24H12Br4O4. The van der Waals surface area contributed by atoms with Crippen molar-refractivity contribution in [1.82, 2.24) is 0 Å². The highest BCUT2D eigenvalue weighted by molar-refractivity contribution is 9.15. The molecule has 8 heteroatoms. The van der Waals surface area contributed by atoms with Gasteiger partial charge in [-0.2, -0.15) is 0 Å². The number of esters is 2. The molecule has 3 aliphatic heterocycles. The van der Waals surface area contributed by atoms with Crippen LogP contribution in [-0.2, 0) is 30.3 Å². The monoisotopic (exact) mass is 680 g/mol. The number of hydrogen-bond donors (Lipinski definition) is 0. The molecule has 0 radical (unpaired) electrons. The van der Waals surface area contributed by atoms with Gasteiger partial charge in [-0.25, -0.2) is 0 Å². The van der Waals surface area contributed by atoms with E-state index in [4.69, 9.17) is 9.47 Å². The minimum absolute atomic E-state index is 0.561. The molecule has 0 aliphatic carbocycles. The summed E-state index contributed by atoms with van der Waals surface area (Å²) in [6, 6.07) is 19.2. The predicted molar refractivity (Wildman–Crippen MR) is 131 cm³/mol. The average molecular weight is 684 g/mol. The van der Waals surface area contributed by atoms with E-state index >= 15 is 0 Å². The molecule has 4 nitrogen and oxygen atoms in total. The van der Waals surface area contributed by atoms with E-state index in [-0.39, 0.29) is 0 Å². The lowest BCUT2D eigenvalue weighted by molar-refractivity contribution is -0.162. The van der Waals surface area contributed by atoms with Gasteiger partial charge in [-0.1, -0.05) is 60.7 Å². The van der Waals surface area contributed by atoms with Gasteiger partial charge in [0, 0.05) is 29.0 Å². The molecule has 0 N–H and O–H groups in total. The Balaban J connectivity index is 1.84. The first-order valence-electron chi connectivity index (χ1n) is 9.79.